The summed E-state index contributed by atoms with van der Waals surface area (Å²) in [7, 11) is 0. The molecule has 2 rings (SSSR count). The first-order valence-corrected chi connectivity index (χ1v) is 5.00. The molecule has 7 heteroatoms. The predicted molar refractivity (Wildman–Crippen MR) is 61.1 cm³/mol. The van der Waals surface area contributed by atoms with Crippen molar-refractivity contribution in [3.8, 4) is 11.4 Å². The lowest BCUT2D eigenvalue weighted by Crippen LogP contribution is -2.06. The zero-order valence-electron chi connectivity index (χ0n) is 9.12. The van der Waals surface area contributed by atoms with Gasteiger partial charge in [0.1, 0.15) is 5.82 Å². The van der Waals surface area contributed by atoms with Crippen molar-refractivity contribution >= 4 is 5.69 Å². The minimum atomic E-state index is -0.456. The average Bonchev–Trinajstić information content (AvgIpc) is 2.78. The number of nitro groups is 1. The van der Waals surface area contributed by atoms with Crippen molar-refractivity contribution in [2.24, 2.45) is 5.73 Å². The Hall–Kier alpha value is -2.28. The van der Waals surface area contributed by atoms with Gasteiger partial charge in [-0.1, -0.05) is 12.1 Å². The number of nitrogens with one attached hydrogen (secondary N) is 1. The van der Waals surface area contributed by atoms with Crippen LogP contribution in [0.5, 0.6) is 0 Å². The van der Waals surface area contributed by atoms with E-state index in [1.54, 1.807) is 19.1 Å². The fourth-order valence-electron chi connectivity index (χ4n) is 1.37. The SMILES string of the molecule is C[C@@H](N)c1nc(-c2cccc([N+](=O)[O-])c2)n[nH]1. The molecule has 0 bridgehead atoms. The smallest absolute Gasteiger partial charge is 0.270 e. The van der Waals surface area contributed by atoms with E-state index in [-0.39, 0.29) is 11.7 Å². The Bertz CT molecular complexity index is 549. The Morgan fingerprint density at radius 3 is 2.88 bits per heavy atom. The lowest BCUT2D eigenvalue weighted by molar-refractivity contribution is -0.384. The summed E-state index contributed by atoms with van der Waals surface area (Å²) in [4.78, 5) is 14.3. The molecule has 1 atom stereocenters. The van der Waals surface area contributed by atoms with Crippen LogP contribution in [-0.4, -0.2) is 20.1 Å². The summed E-state index contributed by atoms with van der Waals surface area (Å²) in [6.45, 7) is 1.78. The molecule has 0 radical (unpaired) electrons. The molecule has 17 heavy (non-hydrogen) atoms. The predicted octanol–water partition coefficient (Wildman–Crippen LogP) is 1.40. The van der Waals surface area contributed by atoms with Crippen molar-refractivity contribution < 1.29 is 4.92 Å². The number of H-pyrrole nitrogens is 1. The Kier molecular flexibility index (Phi) is 2.84. The van der Waals surface area contributed by atoms with Crippen molar-refractivity contribution in [3.63, 3.8) is 0 Å². The molecule has 1 aromatic heterocycles. The van der Waals surface area contributed by atoms with Crippen LogP contribution in [0.2, 0.25) is 0 Å². The zero-order valence-corrected chi connectivity index (χ0v) is 9.12. The maximum absolute atomic E-state index is 10.6. The highest BCUT2D eigenvalue weighted by Crippen LogP contribution is 2.21. The van der Waals surface area contributed by atoms with E-state index in [0.717, 1.165) is 0 Å². The molecule has 3 N–H and O–H groups in total. The van der Waals surface area contributed by atoms with E-state index < -0.39 is 4.92 Å². The molecule has 7 nitrogen and oxygen atoms in total. The molecule has 1 heterocycles. The van der Waals surface area contributed by atoms with E-state index in [9.17, 15) is 10.1 Å². The lowest BCUT2D eigenvalue weighted by atomic mass is 10.2. The number of aromatic nitrogens is 3. The van der Waals surface area contributed by atoms with Gasteiger partial charge in [-0.2, -0.15) is 5.10 Å². The van der Waals surface area contributed by atoms with Crippen molar-refractivity contribution in [1.29, 1.82) is 0 Å². The molecule has 0 amide bonds. The van der Waals surface area contributed by atoms with Gasteiger partial charge in [-0.25, -0.2) is 4.98 Å². The molecule has 0 spiro atoms. The van der Waals surface area contributed by atoms with Crippen LogP contribution in [0.1, 0.15) is 18.8 Å². The van der Waals surface area contributed by atoms with Crippen molar-refractivity contribution in [1.82, 2.24) is 15.2 Å². The molecule has 0 aliphatic heterocycles. The van der Waals surface area contributed by atoms with Crippen LogP contribution in [0.25, 0.3) is 11.4 Å². The first kappa shape index (κ1) is 11.2. The number of rotatable bonds is 3. The third-order valence-electron chi connectivity index (χ3n) is 2.25. The molecule has 0 fully saturated rings. The van der Waals surface area contributed by atoms with Crippen LogP contribution in [0, 0.1) is 10.1 Å². The Balaban J connectivity index is 2.38. The average molecular weight is 233 g/mol. The van der Waals surface area contributed by atoms with Gasteiger partial charge >= 0.3 is 0 Å². The van der Waals surface area contributed by atoms with Gasteiger partial charge in [0, 0.05) is 17.7 Å². The fourth-order valence-corrected chi connectivity index (χ4v) is 1.37. The largest absolute Gasteiger partial charge is 0.322 e. The number of nitrogens with two attached hydrogens (primary N) is 1. The molecular weight excluding hydrogens is 222 g/mol. The van der Waals surface area contributed by atoms with E-state index in [1.807, 2.05) is 0 Å². The quantitative estimate of drug-likeness (QED) is 0.614. The number of hydrogen-bond donors (Lipinski definition) is 2. The summed E-state index contributed by atoms with van der Waals surface area (Å²) in [6, 6.07) is 5.89. The Morgan fingerprint density at radius 2 is 2.29 bits per heavy atom. The number of nitro benzene ring substituents is 1. The third-order valence-corrected chi connectivity index (χ3v) is 2.25. The van der Waals surface area contributed by atoms with Crippen LogP contribution in [-0.2, 0) is 0 Å². The van der Waals surface area contributed by atoms with Gasteiger partial charge in [-0.3, -0.25) is 15.2 Å². The molecule has 0 saturated heterocycles. The van der Waals surface area contributed by atoms with Crippen LogP contribution in [0.3, 0.4) is 0 Å². The van der Waals surface area contributed by atoms with E-state index in [1.165, 1.54) is 12.1 Å². The topological polar surface area (TPSA) is 111 Å². The van der Waals surface area contributed by atoms with Crippen LogP contribution >= 0.6 is 0 Å². The molecule has 0 aliphatic rings. The van der Waals surface area contributed by atoms with Gasteiger partial charge in [0.2, 0.25) is 0 Å². The number of non-ortho nitro benzene ring substituents is 1. The molecule has 2 aromatic rings. The summed E-state index contributed by atoms with van der Waals surface area (Å²) < 4.78 is 0. The molecule has 88 valence electrons. The third kappa shape index (κ3) is 2.28. The first-order chi connectivity index (χ1) is 8.08. The van der Waals surface area contributed by atoms with Gasteiger partial charge < -0.3 is 5.73 Å². The van der Waals surface area contributed by atoms with Gasteiger partial charge in [-0.05, 0) is 6.92 Å². The van der Waals surface area contributed by atoms with Crippen LogP contribution in [0.4, 0.5) is 5.69 Å². The van der Waals surface area contributed by atoms with E-state index in [0.29, 0.717) is 17.2 Å². The van der Waals surface area contributed by atoms with Gasteiger partial charge in [0.05, 0.1) is 11.0 Å². The molecule has 1 aromatic carbocycles. The summed E-state index contributed by atoms with van der Waals surface area (Å²) in [5, 5.41) is 17.3. The number of nitrogens with zero attached hydrogens (tertiary/aromatic N) is 3. The maximum atomic E-state index is 10.6. The molecular formula is C10H11N5O2. The van der Waals surface area contributed by atoms with Gasteiger partial charge in [0.25, 0.3) is 5.69 Å². The molecule has 0 saturated carbocycles. The minimum Gasteiger partial charge on any atom is -0.322 e. The number of aromatic amines is 1. The highest BCUT2D eigenvalue weighted by Gasteiger charge is 2.12. The monoisotopic (exact) mass is 233 g/mol. The highest BCUT2D eigenvalue weighted by atomic mass is 16.6. The number of hydrogen-bond acceptors (Lipinski definition) is 5. The zero-order chi connectivity index (χ0) is 12.4. The van der Waals surface area contributed by atoms with Gasteiger partial charge in [-0.15, -0.1) is 0 Å². The summed E-state index contributed by atoms with van der Waals surface area (Å²) >= 11 is 0. The second kappa shape index (κ2) is 4.30. The fraction of sp³-hybridized carbons (Fsp3) is 0.200. The summed E-state index contributed by atoms with van der Waals surface area (Å²) in [5.74, 6) is 0.951. The van der Waals surface area contributed by atoms with E-state index >= 15 is 0 Å². The maximum Gasteiger partial charge on any atom is 0.270 e. The van der Waals surface area contributed by atoms with Crippen molar-refractivity contribution in [2.75, 3.05) is 0 Å². The summed E-state index contributed by atoms with van der Waals surface area (Å²) in [6.07, 6.45) is 0. The van der Waals surface area contributed by atoms with Gasteiger partial charge in [0.15, 0.2) is 5.82 Å². The van der Waals surface area contributed by atoms with E-state index in [2.05, 4.69) is 15.2 Å². The lowest BCUT2D eigenvalue weighted by Gasteiger charge is -1.97. The van der Waals surface area contributed by atoms with Crippen molar-refractivity contribution in [3.05, 3.63) is 40.2 Å². The molecule has 0 unspecified atom stereocenters. The first-order valence-electron chi connectivity index (χ1n) is 5.00. The second-order valence-electron chi connectivity index (χ2n) is 3.64. The van der Waals surface area contributed by atoms with E-state index in [4.69, 9.17) is 5.73 Å². The summed E-state index contributed by atoms with van der Waals surface area (Å²) in [5.41, 5.74) is 6.24. The standard InChI is InChI=1S/C10H11N5O2/c1-6(11)9-12-10(14-13-9)7-3-2-4-8(5-7)15(16)17/h2-6H,11H2,1H3,(H,12,13,14)/t6-/m1/s1. The van der Waals surface area contributed by atoms with Crippen LogP contribution < -0.4 is 5.73 Å². The normalized spacial score (nSPS) is 12.4. The second-order valence-corrected chi connectivity index (χ2v) is 3.64. The van der Waals surface area contributed by atoms with Crippen LogP contribution in [0.15, 0.2) is 24.3 Å². The minimum absolute atomic E-state index is 0.00893. The number of benzene rings is 1. The Labute approximate surface area is 96.8 Å². The molecule has 0 aliphatic carbocycles. The Morgan fingerprint density at radius 1 is 1.53 bits per heavy atom. The van der Waals surface area contributed by atoms with Crippen molar-refractivity contribution in [2.45, 2.75) is 13.0 Å². The highest BCUT2D eigenvalue weighted by molar-refractivity contribution is 5.58.